The van der Waals surface area contributed by atoms with Gasteiger partial charge < -0.3 is 10.6 Å². The fourth-order valence-corrected chi connectivity index (χ4v) is 4.97. The van der Waals surface area contributed by atoms with Crippen molar-refractivity contribution in [2.24, 2.45) is 5.92 Å². The molecule has 5 nitrogen and oxygen atoms in total. The third-order valence-corrected chi connectivity index (χ3v) is 6.22. The predicted molar refractivity (Wildman–Crippen MR) is 85.2 cm³/mol. The van der Waals surface area contributed by atoms with Gasteiger partial charge in [0.15, 0.2) is 9.84 Å². The predicted octanol–water partition coefficient (Wildman–Crippen LogP) is 2.32. The number of thiophene rings is 1. The minimum atomic E-state index is -2.97. The molecule has 7 heteroatoms. The lowest BCUT2D eigenvalue weighted by Gasteiger charge is -2.21. The molecule has 0 spiro atoms. The molecule has 0 aromatic carbocycles. The molecule has 0 radical (unpaired) electrons. The van der Waals surface area contributed by atoms with Gasteiger partial charge in [-0.2, -0.15) is 0 Å². The highest BCUT2D eigenvalue weighted by Crippen LogP contribution is 2.25. The van der Waals surface area contributed by atoms with Crippen molar-refractivity contribution in [2.45, 2.75) is 38.8 Å². The SMILES string of the molecule is CC(C)C[C@@H](NC(=O)N[C@@H]1CCS(=O)(=O)C1)c1cccs1. The van der Waals surface area contributed by atoms with Gasteiger partial charge in [0.05, 0.1) is 17.5 Å². The number of carbonyl (C=O) groups excluding carboxylic acids is 1. The summed E-state index contributed by atoms with van der Waals surface area (Å²) >= 11 is 1.62. The monoisotopic (exact) mass is 330 g/mol. The maximum atomic E-state index is 12.1. The first-order valence-corrected chi connectivity index (χ1v) is 9.86. The van der Waals surface area contributed by atoms with Crippen LogP contribution >= 0.6 is 11.3 Å². The molecule has 2 amide bonds. The maximum Gasteiger partial charge on any atom is 0.315 e. The largest absolute Gasteiger partial charge is 0.334 e. The van der Waals surface area contributed by atoms with Crippen LogP contribution in [0.25, 0.3) is 0 Å². The van der Waals surface area contributed by atoms with Gasteiger partial charge >= 0.3 is 6.03 Å². The summed E-state index contributed by atoms with van der Waals surface area (Å²) in [7, 11) is -2.97. The first-order chi connectivity index (χ1) is 9.85. The summed E-state index contributed by atoms with van der Waals surface area (Å²) in [6.07, 6.45) is 1.36. The van der Waals surface area contributed by atoms with Crippen molar-refractivity contribution in [1.82, 2.24) is 10.6 Å². The van der Waals surface area contributed by atoms with Crippen molar-refractivity contribution in [3.05, 3.63) is 22.4 Å². The average Bonchev–Trinajstić information content (AvgIpc) is 2.97. The van der Waals surface area contributed by atoms with Gasteiger partial charge in [0.1, 0.15) is 0 Å². The number of sulfone groups is 1. The minimum Gasteiger partial charge on any atom is -0.334 e. The Morgan fingerprint density at radius 3 is 2.76 bits per heavy atom. The lowest BCUT2D eigenvalue weighted by atomic mass is 10.0. The van der Waals surface area contributed by atoms with Crippen LogP contribution in [0.3, 0.4) is 0 Å². The zero-order valence-corrected chi connectivity index (χ0v) is 14.0. The normalized spacial score (nSPS) is 22.1. The van der Waals surface area contributed by atoms with Gasteiger partial charge in [0.2, 0.25) is 0 Å². The highest BCUT2D eigenvalue weighted by Gasteiger charge is 2.29. The number of urea groups is 1. The van der Waals surface area contributed by atoms with Crippen molar-refractivity contribution in [1.29, 1.82) is 0 Å². The summed E-state index contributed by atoms with van der Waals surface area (Å²) in [5.41, 5.74) is 0. The molecule has 2 N–H and O–H groups in total. The Labute approximate surface area is 130 Å². The Balaban J connectivity index is 1.92. The van der Waals surface area contributed by atoms with Gasteiger partial charge in [0, 0.05) is 10.9 Å². The van der Waals surface area contributed by atoms with Gasteiger partial charge in [-0.1, -0.05) is 19.9 Å². The standard InChI is InChI=1S/C14H22N2O3S2/c1-10(2)8-12(13-4-3-6-20-13)16-14(17)15-11-5-7-21(18,19)9-11/h3-4,6,10-12H,5,7-9H2,1-2H3,(H2,15,16,17)/t11-,12-/m1/s1. The van der Waals surface area contributed by atoms with Crippen molar-refractivity contribution in [3.63, 3.8) is 0 Å². The summed E-state index contributed by atoms with van der Waals surface area (Å²) in [5, 5.41) is 7.74. The molecule has 1 saturated heterocycles. The van der Waals surface area contributed by atoms with E-state index in [1.807, 2.05) is 17.5 Å². The van der Waals surface area contributed by atoms with E-state index in [4.69, 9.17) is 0 Å². The van der Waals surface area contributed by atoms with Gasteiger partial charge in [0.25, 0.3) is 0 Å². The van der Waals surface area contributed by atoms with Crippen LogP contribution in [0.1, 0.15) is 37.6 Å². The smallest absolute Gasteiger partial charge is 0.315 e. The van der Waals surface area contributed by atoms with Crippen LogP contribution in [0.15, 0.2) is 17.5 Å². The number of carbonyl (C=O) groups is 1. The van der Waals surface area contributed by atoms with E-state index >= 15 is 0 Å². The second-order valence-corrected chi connectivity index (χ2v) is 9.12. The molecule has 0 aliphatic carbocycles. The molecule has 118 valence electrons. The lowest BCUT2D eigenvalue weighted by molar-refractivity contribution is 0.232. The van der Waals surface area contributed by atoms with Crippen LogP contribution in [0.2, 0.25) is 0 Å². The van der Waals surface area contributed by atoms with Gasteiger partial charge in [-0.3, -0.25) is 0 Å². The van der Waals surface area contributed by atoms with Gasteiger partial charge in [-0.05, 0) is 30.2 Å². The van der Waals surface area contributed by atoms with Crippen LogP contribution < -0.4 is 10.6 Å². The molecule has 2 heterocycles. The molecule has 1 aromatic heterocycles. The van der Waals surface area contributed by atoms with E-state index in [9.17, 15) is 13.2 Å². The summed E-state index contributed by atoms with van der Waals surface area (Å²) < 4.78 is 22.8. The Kier molecular flexibility index (Phi) is 5.27. The topological polar surface area (TPSA) is 75.3 Å². The third kappa shape index (κ3) is 5.00. The first kappa shape index (κ1) is 16.3. The number of hydrogen-bond donors (Lipinski definition) is 2. The van der Waals surface area contributed by atoms with Crippen LogP contribution in [0.4, 0.5) is 4.79 Å². The van der Waals surface area contributed by atoms with Crippen molar-refractivity contribution in [3.8, 4) is 0 Å². The first-order valence-electron chi connectivity index (χ1n) is 7.16. The van der Waals surface area contributed by atoms with E-state index < -0.39 is 9.84 Å². The molecule has 1 aliphatic rings. The zero-order chi connectivity index (χ0) is 15.5. The van der Waals surface area contributed by atoms with Crippen molar-refractivity contribution >= 4 is 27.2 Å². The molecule has 2 rings (SSSR count). The van der Waals surface area contributed by atoms with E-state index in [2.05, 4.69) is 24.5 Å². The third-order valence-electron chi connectivity index (χ3n) is 3.47. The molecule has 0 bridgehead atoms. The minimum absolute atomic E-state index is 0.0250. The van der Waals surface area contributed by atoms with Crippen molar-refractivity contribution in [2.75, 3.05) is 11.5 Å². The molecule has 1 aromatic rings. The summed E-state index contributed by atoms with van der Waals surface area (Å²) in [6.45, 7) is 4.23. The zero-order valence-electron chi connectivity index (χ0n) is 12.3. The summed E-state index contributed by atoms with van der Waals surface area (Å²) in [4.78, 5) is 13.2. The Morgan fingerprint density at radius 1 is 1.48 bits per heavy atom. The maximum absolute atomic E-state index is 12.1. The van der Waals surface area contributed by atoms with Crippen LogP contribution in [-0.4, -0.2) is 32.0 Å². The summed E-state index contributed by atoms with van der Waals surface area (Å²) in [6, 6.07) is 3.41. The molecule has 0 unspecified atom stereocenters. The quantitative estimate of drug-likeness (QED) is 0.870. The Hall–Kier alpha value is -1.08. The molecular weight excluding hydrogens is 308 g/mol. The van der Waals surface area contributed by atoms with Gasteiger partial charge in [-0.25, -0.2) is 13.2 Å². The Morgan fingerprint density at radius 2 is 2.24 bits per heavy atom. The fourth-order valence-electron chi connectivity index (χ4n) is 2.50. The highest BCUT2D eigenvalue weighted by molar-refractivity contribution is 7.91. The lowest BCUT2D eigenvalue weighted by Crippen LogP contribution is -2.44. The highest BCUT2D eigenvalue weighted by atomic mass is 32.2. The molecule has 0 saturated carbocycles. The number of amides is 2. The van der Waals surface area contributed by atoms with E-state index in [0.717, 1.165) is 11.3 Å². The van der Waals surface area contributed by atoms with E-state index in [1.165, 1.54) is 0 Å². The van der Waals surface area contributed by atoms with Gasteiger partial charge in [-0.15, -0.1) is 11.3 Å². The van der Waals surface area contributed by atoms with Crippen LogP contribution in [-0.2, 0) is 9.84 Å². The average molecular weight is 330 g/mol. The second kappa shape index (κ2) is 6.79. The molecule has 1 aliphatic heterocycles. The summed E-state index contributed by atoms with van der Waals surface area (Å²) in [5.74, 6) is 0.677. The number of hydrogen-bond acceptors (Lipinski definition) is 4. The van der Waals surface area contributed by atoms with Crippen LogP contribution in [0.5, 0.6) is 0 Å². The number of rotatable bonds is 5. The molecule has 1 fully saturated rings. The van der Waals surface area contributed by atoms with E-state index in [0.29, 0.717) is 12.3 Å². The van der Waals surface area contributed by atoms with Crippen LogP contribution in [0, 0.1) is 5.92 Å². The fraction of sp³-hybridized carbons (Fsp3) is 0.643. The molecule has 2 atom stereocenters. The van der Waals surface area contributed by atoms with Crippen molar-refractivity contribution < 1.29 is 13.2 Å². The molecule has 21 heavy (non-hydrogen) atoms. The number of nitrogens with one attached hydrogen (secondary N) is 2. The van der Waals surface area contributed by atoms with E-state index in [-0.39, 0.29) is 29.6 Å². The molecular formula is C14H22N2O3S2. The second-order valence-electron chi connectivity index (χ2n) is 5.92. The van der Waals surface area contributed by atoms with E-state index in [1.54, 1.807) is 11.3 Å². The Bertz CT molecular complexity index is 567.